The van der Waals surface area contributed by atoms with Gasteiger partial charge >= 0.3 is 0 Å². The molecule has 2 heterocycles. The van der Waals surface area contributed by atoms with E-state index in [9.17, 15) is 5.26 Å². The van der Waals surface area contributed by atoms with Gasteiger partial charge in [-0.15, -0.1) is 0 Å². The zero-order chi connectivity index (χ0) is 14.2. The molecule has 1 N–H and O–H groups in total. The van der Waals surface area contributed by atoms with Crippen LogP contribution < -0.4 is 10.1 Å². The zero-order valence-electron chi connectivity index (χ0n) is 11.6. The maximum Gasteiger partial charge on any atom is 0.148 e. The summed E-state index contributed by atoms with van der Waals surface area (Å²) < 4.78 is 5.58. The third kappa shape index (κ3) is 2.21. The minimum absolute atomic E-state index is 0.572. The SMILES string of the molecule is N#Cc1ccc(C2CC2)nc1Nc1cccc2c1CCO2. The minimum atomic E-state index is 0.572. The lowest BCUT2D eigenvalue weighted by Crippen LogP contribution is -2.01. The predicted octanol–water partition coefficient (Wildman–Crippen LogP) is 3.51. The molecule has 1 aliphatic carbocycles. The van der Waals surface area contributed by atoms with Gasteiger partial charge < -0.3 is 10.1 Å². The predicted molar refractivity (Wildman–Crippen MR) is 79.9 cm³/mol. The van der Waals surface area contributed by atoms with Crippen molar-refractivity contribution in [2.45, 2.75) is 25.2 Å². The molecule has 1 aromatic carbocycles. The lowest BCUT2D eigenvalue weighted by atomic mass is 10.1. The number of ether oxygens (including phenoxy) is 1. The molecule has 2 aliphatic rings. The first-order valence-corrected chi connectivity index (χ1v) is 7.28. The molecule has 0 atom stereocenters. The molecule has 0 spiro atoms. The Kier molecular flexibility index (Phi) is 2.78. The number of fused-ring (bicyclic) bond motifs is 1. The summed E-state index contributed by atoms with van der Waals surface area (Å²) in [6.07, 6.45) is 3.29. The molecule has 0 radical (unpaired) electrons. The Bertz CT molecular complexity index is 744. The molecule has 21 heavy (non-hydrogen) atoms. The highest BCUT2D eigenvalue weighted by molar-refractivity contribution is 5.68. The van der Waals surface area contributed by atoms with Crippen LogP contribution in [-0.2, 0) is 6.42 Å². The van der Waals surface area contributed by atoms with E-state index in [0.29, 0.717) is 23.9 Å². The molecule has 104 valence electrons. The first kappa shape index (κ1) is 12.2. The molecule has 1 aromatic heterocycles. The number of anilines is 2. The molecule has 1 saturated carbocycles. The monoisotopic (exact) mass is 277 g/mol. The van der Waals surface area contributed by atoms with E-state index in [2.05, 4.69) is 16.4 Å². The summed E-state index contributed by atoms with van der Waals surface area (Å²) >= 11 is 0. The van der Waals surface area contributed by atoms with Crippen molar-refractivity contribution in [2.75, 3.05) is 11.9 Å². The number of hydrogen-bond donors (Lipinski definition) is 1. The summed E-state index contributed by atoms with van der Waals surface area (Å²) in [5, 5.41) is 12.6. The van der Waals surface area contributed by atoms with Gasteiger partial charge in [-0.1, -0.05) is 6.07 Å². The lowest BCUT2D eigenvalue weighted by Gasteiger charge is -2.12. The molecular weight excluding hydrogens is 262 g/mol. The summed E-state index contributed by atoms with van der Waals surface area (Å²) in [6, 6.07) is 12.0. The Morgan fingerprint density at radius 1 is 1.24 bits per heavy atom. The Morgan fingerprint density at radius 2 is 2.14 bits per heavy atom. The zero-order valence-corrected chi connectivity index (χ0v) is 11.6. The van der Waals surface area contributed by atoms with Crippen molar-refractivity contribution < 1.29 is 4.74 Å². The van der Waals surface area contributed by atoms with E-state index in [4.69, 9.17) is 4.74 Å². The van der Waals surface area contributed by atoms with E-state index in [1.807, 2.05) is 30.3 Å². The van der Waals surface area contributed by atoms with Crippen molar-refractivity contribution in [3.8, 4) is 11.8 Å². The Hall–Kier alpha value is -2.54. The van der Waals surface area contributed by atoms with Gasteiger partial charge in [0, 0.05) is 29.3 Å². The second-order valence-corrected chi connectivity index (χ2v) is 5.52. The molecule has 4 nitrogen and oxygen atoms in total. The second kappa shape index (κ2) is 4.78. The van der Waals surface area contributed by atoms with Gasteiger partial charge in [0.05, 0.1) is 12.2 Å². The molecule has 1 fully saturated rings. The average Bonchev–Trinajstić information content (AvgIpc) is 3.25. The molecule has 0 amide bonds. The van der Waals surface area contributed by atoms with Crippen LogP contribution in [0.5, 0.6) is 5.75 Å². The first-order valence-electron chi connectivity index (χ1n) is 7.28. The van der Waals surface area contributed by atoms with Crippen molar-refractivity contribution in [1.82, 2.24) is 4.98 Å². The van der Waals surface area contributed by atoms with Crippen LogP contribution in [0, 0.1) is 11.3 Å². The fraction of sp³-hybridized carbons (Fsp3) is 0.294. The van der Waals surface area contributed by atoms with Gasteiger partial charge in [-0.25, -0.2) is 4.98 Å². The third-order valence-corrected chi connectivity index (χ3v) is 4.03. The highest BCUT2D eigenvalue weighted by atomic mass is 16.5. The molecule has 0 saturated heterocycles. The summed E-state index contributed by atoms with van der Waals surface area (Å²) in [5.74, 6) is 2.15. The molecular formula is C17H15N3O. The van der Waals surface area contributed by atoms with Crippen molar-refractivity contribution in [1.29, 1.82) is 5.26 Å². The number of benzene rings is 1. The molecule has 0 bridgehead atoms. The summed E-state index contributed by atoms with van der Waals surface area (Å²) in [5.41, 5.74) is 3.82. The van der Waals surface area contributed by atoms with E-state index >= 15 is 0 Å². The first-order chi connectivity index (χ1) is 10.3. The number of pyridine rings is 1. The van der Waals surface area contributed by atoms with Crippen LogP contribution in [0.1, 0.15) is 35.6 Å². The number of nitrogens with zero attached hydrogens (tertiary/aromatic N) is 2. The maximum absolute atomic E-state index is 9.28. The topological polar surface area (TPSA) is 57.9 Å². The van der Waals surface area contributed by atoms with Crippen molar-refractivity contribution in [3.05, 3.63) is 47.2 Å². The summed E-state index contributed by atoms with van der Waals surface area (Å²) in [7, 11) is 0. The van der Waals surface area contributed by atoms with Crippen LogP contribution in [0.3, 0.4) is 0 Å². The molecule has 2 aromatic rings. The van der Waals surface area contributed by atoms with Crippen molar-refractivity contribution >= 4 is 11.5 Å². The van der Waals surface area contributed by atoms with Gasteiger partial charge in [-0.2, -0.15) is 5.26 Å². The van der Waals surface area contributed by atoms with E-state index in [0.717, 1.165) is 23.6 Å². The average molecular weight is 277 g/mol. The van der Waals surface area contributed by atoms with E-state index in [-0.39, 0.29) is 0 Å². The van der Waals surface area contributed by atoms with Gasteiger partial charge in [0.1, 0.15) is 17.6 Å². The van der Waals surface area contributed by atoms with Crippen LogP contribution in [0.25, 0.3) is 0 Å². The van der Waals surface area contributed by atoms with Crippen LogP contribution in [0.4, 0.5) is 11.5 Å². The number of nitriles is 1. The van der Waals surface area contributed by atoms with E-state index in [1.165, 1.54) is 18.4 Å². The number of hydrogen-bond acceptors (Lipinski definition) is 4. The maximum atomic E-state index is 9.28. The van der Waals surface area contributed by atoms with Gasteiger partial charge in [0.15, 0.2) is 0 Å². The molecule has 1 aliphatic heterocycles. The Labute approximate surface area is 123 Å². The van der Waals surface area contributed by atoms with Crippen molar-refractivity contribution in [2.24, 2.45) is 0 Å². The van der Waals surface area contributed by atoms with Crippen LogP contribution in [-0.4, -0.2) is 11.6 Å². The molecule has 4 heteroatoms. The standard InChI is InChI=1S/C17H15N3O/c18-10-12-6-7-14(11-4-5-11)19-17(12)20-15-2-1-3-16-13(15)8-9-21-16/h1-3,6-7,11H,4-5,8-9H2,(H,19,20). The smallest absolute Gasteiger partial charge is 0.148 e. The Balaban J connectivity index is 1.72. The summed E-state index contributed by atoms with van der Waals surface area (Å²) in [6.45, 7) is 0.717. The van der Waals surface area contributed by atoms with Crippen LogP contribution >= 0.6 is 0 Å². The highest BCUT2D eigenvalue weighted by Crippen LogP contribution is 2.40. The van der Waals surface area contributed by atoms with Gasteiger partial charge in [-0.05, 0) is 37.1 Å². The van der Waals surface area contributed by atoms with Crippen LogP contribution in [0.15, 0.2) is 30.3 Å². The van der Waals surface area contributed by atoms with Gasteiger partial charge in [-0.3, -0.25) is 0 Å². The molecule has 0 unspecified atom stereocenters. The van der Waals surface area contributed by atoms with Crippen LogP contribution in [0.2, 0.25) is 0 Å². The molecule has 4 rings (SSSR count). The summed E-state index contributed by atoms with van der Waals surface area (Å²) in [4.78, 5) is 4.65. The lowest BCUT2D eigenvalue weighted by molar-refractivity contribution is 0.357. The number of nitrogens with one attached hydrogen (secondary N) is 1. The van der Waals surface area contributed by atoms with E-state index < -0.39 is 0 Å². The fourth-order valence-corrected chi connectivity index (χ4v) is 2.73. The largest absolute Gasteiger partial charge is 0.493 e. The van der Waals surface area contributed by atoms with Gasteiger partial charge in [0.2, 0.25) is 0 Å². The second-order valence-electron chi connectivity index (χ2n) is 5.52. The highest BCUT2D eigenvalue weighted by Gasteiger charge is 2.26. The normalized spacial score (nSPS) is 16.0. The van der Waals surface area contributed by atoms with Gasteiger partial charge in [0.25, 0.3) is 0 Å². The fourth-order valence-electron chi connectivity index (χ4n) is 2.73. The Morgan fingerprint density at radius 3 is 2.95 bits per heavy atom. The number of aromatic nitrogens is 1. The van der Waals surface area contributed by atoms with Crippen molar-refractivity contribution in [3.63, 3.8) is 0 Å². The quantitative estimate of drug-likeness (QED) is 0.932. The van der Waals surface area contributed by atoms with E-state index in [1.54, 1.807) is 0 Å². The number of rotatable bonds is 3. The minimum Gasteiger partial charge on any atom is -0.493 e. The third-order valence-electron chi connectivity index (χ3n) is 4.03.